The molecule has 2 rings (SSSR count). The fourth-order valence-electron chi connectivity index (χ4n) is 2.26. The van der Waals surface area contributed by atoms with Crippen molar-refractivity contribution in [2.24, 2.45) is 11.8 Å². The number of carboxylic acids is 2. The third kappa shape index (κ3) is 1.52. The lowest BCUT2D eigenvalue weighted by atomic mass is 9.79. The topological polar surface area (TPSA) is 83.8 Å². The number of ether oxygens (including phenoxy) is 1. The molecule has 84 valence electrons. The smallest absolute Gasteiger partial charge is 0.310 e. The zero-order chi connectivity index (χ0) is 11.3. The van der Waals surface area contributed by atoms with E-state index in [9.17, 15) is 9.59 Å². The number of alkyl halides is 2. The van der Waals surface area contributed by atoms with Crippen LogP contribution in [-0.4, -0.2) is 44.0 Å². The molecule has 2 heterocycles. The fraction of sp³-hybridized carbons (Fsp3) is 0.750. The van der Waals surface area contributed by atoms with Gasteiger partial charge in [-0.2, -0.15) is 0 Å². The number of aliphatic carboxylic acids is 2. The molecule has 0 aromatic rings. The van der Waals surface area contributed by atoms with Crippen LogP contribution in [-0.2, 0) is 14.3 Å². The molecule has 15 heavy (non-hydrogen) atoms. The van der Waals surface area contributed by atoms with Gasteiger partial charge in [-0.15, -0.1) is 0 Å². The summed E-state index contributed by atoms with van der Waals surface area (Å²) in [5, 5.41) is 18.0. The zero-order valence-electron chi connectivity index (χ0n) is 7.34. The van der Waals surface area contributed by atoms with E-state index in [2.05, 4.69) is 31.9 Å². The number of halogens is 2. The minimum absolute atomic E-state index is 0.154. The molecular formula is C8H8Br2O5. The maximum atomic E-state index is 11.0. The Labute approximate surface area is 102 Å². The van der Waals surface area contributed by atoms with Crippen LogP contribution in [0.1, 0.15) is 0 Å². The highest BCUT2D eigenvalue weighted by molar-refractivity contribution is 9.12. The SMILES string of the molecule is O=C(O)[C@@H]1[C@H]2O[C@H]([C@@H](Br)[C@@H]2Br)[C@@H]1C(=O)O. The second-order valence-electron chi connectivity index (χ2n) is 3.68. The summed E-state index contributed by atoms with van der Waals surface area (Å²) in [4.78, 5) is 21.7. The fourth-order valence-corrected chi connectivity index (χ4v) is 3.76. The van der Waals surface area contributed by atoms with Crippen molar-refractivity contribution in [3.63, 3.8) is 0 Å². The third-order valence-corrected chi connectivity index (χ3v) is 5.80. The molecule has 2 aliphatic heterocycles. The van der Waals surface area contributed by atoms with Gasteiger partial charge in [-0.05, 0) is 0 Å². The van der Waals surface area contributed by atoms with E-state index in [1.165, 1.54) is 0 Å². The molecule has 0 unspecified atom stereocenters. The van der Waals surface area contributed by atoms with Crippen LogP contribution in [0, 0.1) is 11.8 Å². The molecule has 0 spiro atoms. The maximum absolute atomic E-state index is 11.0. The Morgan fingerprint density at radius 1 is 0.933 bits per heavy atom. The monoisotopic (exact) mass is 342 g/mol. The standard InChI is InChI=1S/C8H8Br2O5/c9-3-4(10)6-2(8(13)14)1(7(11)12)5(3)15-6/h1-6H,(H,11,12)(H,13,14)/t1-,2+,3-,4-,5+,6-/m0/s1. The molecule has 6 atom stereocenters. The summed E-state index contributed by atoms with van der Waals surface area (Å²) in [5.41, 5.74) is 0. The second kappa shape index (κ2) is 3.71. The van der Waals surface area contributed by atoms with Gasteiger partial charge in [0.25, 0.3) is 0 Å². The minimum atomic E-state index is -1.11. The first-order valence-electron chi connectivity index (χ1n) is 4.34. The molecule has 0 radical (unpaired) electrons. The van der Waals surface area contributed by atoms with Crippen molar-refractivity contribution in [3.05, 3.63) is 0 Å². The van der Waals surface area contributed by atoms with E-state index in [4.69, 9.17) is 14.9 Å². The van der Waals surface area contributed by atoms with Crippen molar-refractivity contribution in [3.8, 4) is 0 Å². The lowest BCUT2D eigenvalue weighted by Gasteiger charge is -2.28. The van der Waals surface area contributed by atoms with Gasteiger partial charge in [0.2, 0.25) is 0 Å². The molecule has 2 fully saturated rings. The molecule has 0 amide bonds. The number of hydrogen-bond acceptors (Lipinski definition) is 3. The summed E-state index contributed by atoms with van der Waals surface area (Å²) in [7, 11) is 0. The number of carboxylic acid groups (broad SMARTS) is 2. The molecule has 2 bridgehead atoms. The molecule has 0 aromatic carbocycles. The van der Waals surface area contributed by atoms with Crippen LogP contribution in [0.25, 0.3) is 0 Å². The average Bonchev–Trinajstić information content (AvgIpc) is 2.64. The largest absolute Gasteiger partial charge is 0.481 e. The van der Waals surface area contributed by atoms with Gasteiger partial charge in [0, 0.05) is 0 Å². The highest BCUT2D eigenvalue weighted by Crippen LogP contribution is 2.49. The van der Waals surface area contributed by atoms with Crippen molar-refractivity contribution in [2.45, 2.75) is 21.9 Å². The van der Waals surface area contributed by atoms with E-state index in [-0.39, 0.29) is 9.65 Å². The summed E-state index contributed by atoms with van der Waals surface area (Å²) in [6, 6.07) is 0. The van der Waals surface area contributed by atoms with E-state index in [0.717, 1.165) is 0 Å². The van der Waals surface area contributed by atoms with E-state index in [1.54, 1.807) is 0 Å². The number of rotatable bonds is 2. The van der Waals surface area contributed by atoms with Crippen LogP contribution in [0.5, 0.6) is 0 Å². The van der Waals surface area contributed by atoms with E-state index < -0.39 is 36.0 Å². The van der Waals surface area contributed by atoms with Gasteiger partial charge in [0.1, 0.15) is 0 Å². The Balaban J connectivity index is 2.32. The van der Waals surface area contributed by atoms with Gasteiger partial charge in [-0.25, -0.2) is 0 Å². The minimum Gasteiger partial charge on any atom is -0.481 e. The number of carbonyl (C=O) groups is 2. The van der Waals surface area contributed by atoms with Crippen LogP contribution >= 0.6 is 31.9 Å². The number of hydrogen-bond donors (Lipinski definition) is 2. The molecule has 0 saturated carbocycles. The van der Waals surface area contributed by atoms with Crippen LogP contribution in [0.4, 0.5) is 0 Å². The highest BCUT2D eigenvalue weighted by atomic mass is 79.9. The number of fused-ring (bicyclic) bond motifs is 2. The van der Waals surface area contributed by atoms with Crippen LogP contribution in [0.3, 0.4) is 0 Å². The molecular weight excluding hydrogens is 336 g/mol. The quantitative estimate of drug-likeness (QED) is 0.721. The average molecular weight is 344 g/mol. The van der Waals surface area contributed by atoms with Crippen LogP contribution in [0.2, 0.25) is 0 Å². The first-order valence-corrected chi connectivity index (χ1v) is 6.17. The summed E-state index contributed by atoms with van der Waals surface area (Å²) in [5.74, 6) is -4.16. The van der Waals surface area contributed by atoms with Crippen LogP contribution < -0.4 is 0 Å². The van der Waals surface area contributed by atoms with Gasteiger partial charge < -0.3 is 14.9 Å². The molecule has 2 N–H and O–H groups in total. The van der Waals surface area contributed by atoms with Gasteiger partial charge in [-0.1, -0.05) is 31.9 Å². The van der Waals surface area contributed by atoms with E-state index in [0.29, 0.717) is 0 Å². The second-order valence-corrected chi connectivity index (χ2v) is 5.80. The Kier molecular flexibility index (Phi) is 2.81. The molecule has 2 saturated heterocycles. The predicted molar refractivity (Wildman–Crippen MR) is 56.3 cm³/mol. The van der Waals surface area contributed by atoms with Crippen molar-refractivity contribution in [1.29, 1.82) is 0 Å². The lowest BCUT2D eigenvalue weighted by molar-refractivity contribution is -0.153. The normalized spacial score (nSPS) is 48.1. The Morgan fingerprint density at radius 2 is 1.27 bits per heavy atom. The highest BCUT2D eigenvalue weighted by Gasteiger charge is 2.63. The van der Waals surface area contributed by atoms with E-state index >= 15 is 0 Å². The Morgan fingerprint density at radius 3 is 1.53 bits per heavy atom. The first kappa shape index (κ1) is 11.3. The third-order valence-electron chi connectivity index (χ3n) is 2.91. The molecule has 0 aliphatic carbocycles. The van der Waals surface area contributed by atoms with Crippen molar-refractivity contribution in [1.82, 2.24) is 0 Å². The van der Waals surface area contributed by atoms with Crippen molar-refractivity contribution < 1.29 is 24.5 Å². The van der Waals surface area contributed by atoms with Gasteiger partial charge >= 0.3 is 11.9 Å². The Bertz CT molecular complexity index is 290. The van der Waals surface area contributed by atoms with Gasteiger partial charge in [0.05, 0.1) is 33.7 Å². The molecule has 7 heteroatoms. The van der Waals surface area contributed by atoms with E-state index in [1.807, 2.05) is 0 Å². The van der Waals surface area contributed by atoms with Crippen LogP contribution in [0.15, 0.2) is 0 Å². The Hall–Kier alpha value is -0.140. The summed E-state index contributed by atoms with van der Waals surface area (Å²) in [6.07, 6.45) is -1.14. The van der Waals surface area contributed by atoms with Crippen molar-refractivity contribution >= 4 is 43.8 Å². The van der Waals surface area contributed by atoms with Gasteiger partial charge in [0.15, 0.2) is 0 Å². The van der Waals surface area contributed by atoms with Gasteiger partial charge in [-0.3, -0.25) is 9.59 Å². The van der Waals surface area contributed by atoms with Crippen molar-refractivity contribution in [2.75, 3.05) is 0 Å². The molecule has 5 nitrogen and oxygen atoms in total. The summed E-state index contributed by atoms with van der Waals surface area (Å²) >= 11 is 6.64. The summed E-state index contributed by atoms with van der Waals surface area (Å²) in [6.45, 7) is 0. The predicted octanol–water partition coefficient (Wildman–Crippen LogP) is 0.696. The first-order chi connectivity index (χ1) is 6.95. The summed E-state index contributed by atoms with van der Waals surface area (Å²) < 4.78 is 5.39. The maximum Gasteiger partial charge on any atom is 0.310 e. The zero-order valence-corrected chi connectivity index (χ0v) is 10.5. The molecule has 2 aliphatic rings. The lowest BCUT2D eigenvalue weighted by Crippen LogP contribution is -2.47. The molecule has 0 aromatic heterocycles.